The molecule has 0 spiro atoms. The molecule has 2 amide bonds. The summed E-state index contributed by atoms with van der Waals surface area (Å²) in [4.78, 5) is 18.4. The summed E-state index contributed by atoms with van der Waals surface area (Å²) < 4.78 is 0. The van der Waals surface area contributed by atoms with Crippen molar-refractivity contribution in [3.8, 4) is 0 Å². The molecule has 5 heteroatoms. The number of amides is 2. The first-order valence-corrected chi connectivity index (χ1v) is 11.2. The van der Waals surface area contributed by atoms with Crippen molar-refractivity contribution in [2.24, 2.45) is 17.8 Å². The van der Waals surface area contributed by atoms with Gasteiger partial charge in [0.1, 0.15) is 0 Å². The zero-order valence-electron chi connectivity index (χ0n) is 16.4. The Kier molecular flexibility index (Phi) is 6.87. The van der Waals surface area contributed by atoms with E-state index in [1.165, 1.54) is 31.0 Å². The summed E-state index contributed by atoms with van der Waals surface area (Å²) in [6.45, 7) is 10.2. The molecule has 2 aliphatic rings. The molecular weight excluding hydrogens is 342 g/mol. The second-order valence-electron chi connectivity index (χ2n) is 8.26. The standard InChI is InChI=1S/C21H33N3OS/c1-16-11-17(2)14-23(13-16)15-18-7-9-24(10-8-18)21(25)22-19-5-4-6-20(12-19)26-3/h4-6,12,16-18H,7-11,13-15H2,1-3H3,(H,22,25). The van der Waals surface area contributed by atoms with Gasteiger partial charge in [0.25, 0.3) is 0 Å². The summed E-state index contributed by atoms with van der Waals surface area (Å²) in [5.74, 6) is 2.37. The van der Waals surface area contributed by atoms with Gasteiger partial charge in [-0.25, -0.2) is 4.79 Å². The lowest BCUT2D eigenvalue weighted by Gasteiger charge is -2.39. The van der Waals surface area contributed by atoms with Gasteiger partial charge >= 0.3 is 6.03 Å². The van der Waals surface area contributed by atoms with E-state index in [0.717, 1.165) is 49.4 Å². The minimum atomic E-state index is 0.0434. The molecule has 144 valence electrons. The van der Waals surface area contributed by atoms with Crippen molar-refractivity contribution >= 4 is 23.5 Å². The number of urea groups is 1. The molecule has 2 unspecified atom stereocenters. The maximum absolute atomic E-state index is 12.5. The van der Waals surface area contributed by atoms with E-state index in [4.69, 9.17) is 0 Å². The number of anilines is 1. The molecule has 0 radical (unpaired) electrons. The van der Waals surface area contributed by atoms with E-state index in [1.54, 1.807) is 11.8 Å². The van der Waals surface area contributed by atoms with Gasteiger partial charge in [-0.1, -0.05) is 19.9 Å². The zero-order valence-corrected chi connectivity index (χ0v) is 17.2. The molecule has 0 bridgehead atoms. The van der Waals surface area contributed by atoms with Crippen LogP contribution in [0.25, 0.3) is 0 Å². The predicted octanol–water partition coefficient (Wildman–Crippen LogP) is 4.63. The van der Waals surface area contributed by atoms with Gasteiger partial charge in [0.05, 0.1) is 0 Å². The number of benzene rings is 1. The molecule has 2 atom stereocenters. The normalized spacial score (nSPS) is 25.3. The number of carbonyl (C=O) groups is 1. The van der Waals surface area contributed by atoms with Crippen molar-refractivity contribution in [2.45, 2.75) is 38.0 Å². The molecular formula is C21H33N3OS. The number of nitrogens with zero attached hydrogens (tertiary/aromatic N) is 2. The second kappa shape index (κ2) is 9.14. The minimum absolute atomic E-state index is 0.0434. The van der Waals surface area contributed by atoms with Crippen LogP contribution in [0.1, 0.15) is 33.1 Å². The van der Waals surface area contributed by atoms with Crippen LogP contribution in [0.3, 0.4) is 0 Å². The largest absolute Gasteiger partial charge is 0.325 e. The molecule has 0 saturated carbocycles. The Bertz CT molecular complexity index is 591. The monoisotopic (exact) mass is 375 g/mol. The van der Waals surface area contributed by atoms with E-state index in [1.807, 2.05) is 23.1 Å². The first-order chi connectivity index (χ1) is 12.5. The third-order valence-corrected chi connectivity index (χ3v) is 6.41. The third kappa shape index (κ3) is 5.40. The number of piperidine rings is 2. The first-order valence-electron chi connectivity index (χ1n) is 9.96. The number of rotatable bonds is 4. The number of thioether (sulfide) groups is 1. The van der Waals surface area contributed by atoms with E-state index in [-0.39, 0.29) is 6.03 Å². The lowest BCUT2D eigenvalue weighted by Crippen LogP contribution is -2.46. The van der Waals surface area contributed by atoms with E-state index < -0.39 is 0 Å². The summed E-state index contributed by atoms with van der Waals surface area (Å²) in [6, 6.07) is 8.10. The van der Waals surface area contributed by atoms with Gasteiger partial charge in [-0.15, -0.1) is 11.8 Å². The van der Waals surface area contributed by atoms with Crippen molar-refractivity contribution in [3.63, 3.8) is 0 Å². The van der Waals surface area contributed by atoms with Crippen molar-refractivity contribution in [1.29, 1.82) is 0 Å². The van der Waals surface area contributed by atoms with Crippen LogP contribution in [-0.4, -0.2) is 54.8 Å². The van der Waals surface area contributed by atoms with Crippen LogP contribution in [0.4, 0.5) is 10.5 Å². The molecule has 1 aromatic rings. The molecule has 4 nitrogen and oxygen atoms in total. The average Bonchev–Trinajstić information content (AvgIpc) is 2.61. The Morgan fingerprint density at radius 3 is 2.54 bits per heavy atom. The lowest BCUT2D eigenvalue weighted by molar-refractivity contribution is 0.101. The number of nitrogens with one attached hydrogen (secondary N) is 1. The number of carbonyl (C=O) groups excluding carboxylic acids is 1. The maximum atomic E-state index is 12.5. The highest BCUT2D eigenvalue weighted by Crippen LogP contribution is 2.25. The average molecular weight is 376 g/mol. The quantitative estimate of drug-likeness (QED) is 0.779. The summed E-state index contributed by atoms with van der Waals surface area (Å²) in [6.07, 6.45) is 5.66. The predicted molar refractivity (Wildman–Crippen MR) is 111 cm³/mol. The second-order valence-corrected chi connectivity index (χ2v) is 9.14. The Morgan fingerprint density at radius 2 is 1.88 bits per heavy atom. The molecule has 2 fully saturated rings. The molecule has 1 aromatic carbocycles. The Labute approximate surface area is 162 Å². The van der Waals surface area contributed by atoms with E-state index in [2.05, 4.69) is 36.4 Å². The van der Waals surface area contributed by atoms with Crippen molar-refractivity contribution < 1.29 is 4.79 Å². The van der Waals surface area contributed by atoms with Crippen LogP contribution < -0.4 is 5.32 Å². The SMILES string of the molecule is CSc1cccc(NC(=O)N2CCC(CN3CC(C)CC(C)C3)CC2)c1. The number of hydrogen-bond donors (Lipinski definition) is 1. The smallest absolute Gasteiger partial charge is 0.321 e. The highest BCUT2D eigenvalue weighted by molar-refractivity contribution is 7.98. The van der Waals surface area contributed by atoms with Crippen LogP contribution in [0, 0.1) is 17.8 Å². The van der Waals surface area contributed by atoms with Gasteiger partial charge in [-0.3, -0.25) is 0 Å². The van der Waals surface area contributed by atoms with E-state index in [9.17, 15) is 4.79 Å². The highest BCUT2D eigenvalue weighted by atomic mass is 32.2. The molecule has 0 aliphatic carbocycles. The van der Waals surface area contributed by atoms with Gasteiger partial charge in [0.2, 0.25) is 0 Å². The molecule has 1 N–H and O–H groups in total. The highest BCUT2D eigenvalue weighted by Gasteiger charge is 2.27. The van der Waals surface area contributed by atoms with Crippen molar-refractivity contribution in [3.05, 3.63) is 24.3 Å². The van der Waals surface area contributed by atoms with E-state index >= 15 is 0 Å². The minimum Gasteiger partial charge on any atom is -0.325 e. The molecule has 0 aromatic heterocycles. The van der Waals surface area contributed by atoms with Crippen LogP contribution in [0.15, 0.2) is 29.2 Å². The van der Waals surface area contributed by atoms with Gasteiger partial charge in [0.15, 0.2) is 0 Å². The maximum Gasteiger partial charge on any atom is 0.321 e. The Hall–Kier alpha value is -1.20. The summed E-state index contributed by atoms with van der Waals surface area (Å²) in [7, 11) is 0. The van der Waals surface area contributed by atoms with Gasteiger partial charge < -0.3 is 15.1 Å². The summed E-state index contributed by atoms with van der Waals surface area (Å²) in [5, 5.41) is 3.06. The third-order valence-electron chi connectivity index (χ3n) is 5.68. The fourth-order valence-electron chi connectivity index (χ4n) is 4.53. The first kappa shape index (κ1) is 19.6. The van der Waals surface area contributed by atoms with Crippen LogP contribution >= 0.6 is 11.8 Å². The van der Waals surface area contributed by atoms with Crippen LogP contribution in [-0.2, 0) is 0 Å². The fraction of sp³-hybridized carbons (Fsp3) is 0.667. The van der Waals surface area contributed by atoms with Crippen molar-refractivity contribution in [1.82, 2.24) is 9.80 Å². The Balaban J connectivity index is 1.45. The zero-order chi connectivity index (χ0) is 18.5. The van der Waals surface area contributed by atoms with Crippen LogP contribution in [0.5, 0.6) is 0 Å². The van der Waals surface area contributed by atoms with Gasteiger partial charge in [-0.2, -0.15) is 0 Å². The number of likely N-dealkylation sites (tertiary alicyclic amines) is 2. The molecule has 2 saturated heterocycles. The van der Waals surface area contributed by atoms with Crippen LogP contribution in [0.2, 0.25) is 0 Å². The summed E-state index contributed by atoms with van der Waals surface area (Å²) in [5.41, 5.74) is 0.889. The topological polar surface area (TPSA) is 35.6 Å². The molecule has 2 aliphatic heterocycles. The fourth-order valence-corrected chi connectivity index (χ4v) is 4.99. The van der Waals surface area contributed by atoms with Gasteiger partial charge in [0, 0.05) is 43.3 Å². The number of hydrogen-bond acceptors (Lipinski definition) is 3. The molecule has 26 heavy (non-hydrogen) atoms. The summed E-state index contributed by atoms with van der Waals surface area (Å²) >= 11 is 1.69. The lowest BCUT2D eigenvalue weighted by atomic mass is 9.89. The Morgan fingerprint density at radius 1 is 1.19 bits per heavy atom. The molecule has 2 heterocycles. The van der Waals surface area contributed by atoms with Gasteiger partial charge in [-0.05, 0) is 61.5 Å². The van der Waals surface area contributed by atoms with Crippen molar-refractivity contribution in [2.75, 3.05) is 44.3 Å². The molecule has 3 rings (SSSR count). The van der Waals surface area contributed by atoms with E-state index in [0.29, 0.717) is 0 Å².